The number of aryl methyl sites for hydroxylation is 1. The summed E-state index contributed by atoms with van der Waals surface area (Å²) >= 11 is 0. The molecule has 1 aromatic heterocycles. The Balaban J connectivity index is 1.91. The minimum Gasteiger partial charge on any atom is -0.348 e. The van der Waals surface area contributed by atoms with E-state index in [1.807, 2.05) is 0 Å². The Labute approximate surface area is 95.0 Å². The summed E-state index contributed by atoms with van der Waals surface area (Å²) in [5.41, 5.74) is 6.43. The van der Waals surface area contributed by atoms with E-state index >= 15 is 0 Å². The lowest BCUT2D eigenvalue weighted by Gasteiger charge is -2.26. The van der Waals surface area contributed by atoms with Crippen molar-refractivity contribution in [1.82, 2.24) is 15.1 Å². The van der Waals surface area contributed by atoms with Crippen LogP contribution in [-0.2, 0) is 7.05 Å². The van der Waals surface area contributed by atoms with Crippen molar-refractivity contribution in [3.63, 3.8) is 0 Å². The molecule has 1 aliphatic carbocycles. The molecule has 0 aromatic carbocycles. The van der Waals surface area contributed by atoms with E-state index in [-0.39, 0.29) is 11.9 Å². The molecule has 0 radical (unpaired) electrons. The average Bonchev–Trinajstić information content (AvgIpc) is 2.68. The van der Waals surface area contributed by atoms with Gasteiger partial charge in [0, 0.05) is 25.3 Å². The van der Waals surface area contributed by atoms with Crippen LogP contribution in [0.25, 0.3) is 0 Å². The number of hydrogen-bond acceptors (Lipinski definition) is 3. The van der Waals surface area contributed by atoms with Crippen LogP contribution in [0.5, 0.6) is 0 Å². The molecule has 88 valence electrons. The Hall–Kier alpha value is -1.36. The number of aromatic nitrogens is 2. The zero-order chi connectivity index (χ0) is 11.5. The molecule has 0 spiro atoms. The van der Waals surface area contributed by atoms with Crippen molar-refractivity contribution < 1.29 is 4.79 Å². The first-order chi connectivity index (χ1) is 7.66. The number of carbonyl (C=O) groups is 1. The summed E-state index contributed by atoms with van der Waals surface area (Å²) in [7, 11) is 1.77. The van der Waals surface area contributed by atoms with Gasteiger partial charge in [0.2, 0.25) is 0 Å². The molecule has 1 heterocycles. The van der Waals surface area contributed by atoms with Gasteiger partial charge in [0.1, 0.15) is 5.69 Å². The summed E-state index contributed by atoms with van der Waals surface area (Å²) in [4.78, 5) is 11.9. The first-order valence-corrected chi connectivity index (χ1v) is 5.71. The number of carbonyl (C=O) groups excluding carboxylic acids is 1. The Kier molecular flexibility index (Phi) is 3.24. The summed E-state index contributed by atoms with van der Waals surface area (Å²) in [6.45, 7) is 0. The van der Waals surface area contributed by atoms with Gasteiger partial charge in [-0.3, -0.25) is 9.48 Å². The van der Waals surface area contributed by atoms with E-state index in [0.29, 0.717) is 11.7 Å². The standard InChI is InChI=1S/C11H18N4O/c1-15-10(6-7-13-15)11(16)14-9-4-2-8(12)3-5-9/h6-9H,2-5,12H2,1H3,(H,14,16). The normalized spacial score (nSPS) is 25.4. The summed E-state index contributed by atoms with van der Waals surface area (Å²) in [6.07, 6.45) is 5.58. The molecule has 0 aliphatic heterocycles. The number of nitrogens with zero attached hydrogens (tertiary/aromatic N) is 2. The highest BCUT2D eigenvalue weighted by molar-refractivity contribution is 5.92. The van der Waals surface area contributed by atoms with Gasteiger partial charge in [0.25, 0.3) is 5.91 Å². The second kappa shape index (κ2) is 4.65. The van der Waals surface area contributed by atoms with Gasteiger partial charge >= 0.3 is 0 Å². The molecular formula is C11H18N4O. The van der Waals surface area contributed by atoms with Crippen molar-refractivity contribution >= 4 is 5.91 Å². The van der Waals surface area contributed by atoms with Crippen molar-refractivity contribution in [1.29, 1.82) is 0 Å². The lowest BCUT2D eigenvalue weighted by Crippen LogP contribution is -2.41. The van der Waals surface area contributed by atoms with Gasteiger partial charge in [-0.2, -0.15) is 5.10 Å². The van der Waals surface area contributed by atoms with Crippen LogP contribution in [0.4, 0.5) is 0 Å². The van der Waals surface area contributed by atoms with Gasteiger partial charge in [-0.15, -0.1) is 0 Å². The fourth-order valence-electron chi connectivity index (χ4n) is 2.12. The summed E-state index contributed by atoms with van der Waals surface area (Å²) in [5, 5.41) is 7.01. The maximum Gasteiger partial charge on any atom is 0.269 e. The van der Waals surface area contributed by atoms with Gasteiger partial charge in [0.15, 0.2) is 0 Å². The van der Waals surface area contributed by atoms with E-state index in [1.165, 1.54) is 0 Å². The molecule has 5 nitrogen and oxygen atoms in total. The highest BCUT2D eigenvalue weighted by atomic mass is 16.2. The topological polar surface area (TPSA) is 72.9 Å². The molecule has 1 aromatic rings. The van der Waals surface area contributed by atoms with E-state index in [1.54, 1.807) is 24.0 Å². The molecule has 0 bridgehead atoms. The zero-order valence-electron chi connectivity index (χ0n) is 9.52. The van der Waals surface area contributed by atoms with Crippen molar-refractivity contribution in [3.05, 3.63) is 18.0 Å². The second-order valence-corrected chi connectivity index (χ2v) is 4.43. The Morgan fingerprint density at radius 2 is 2.19 bits per heavy atom. The predicted molar refractivity (Wildman–Crippen MR) is 60.9 cm³/mol. The van der Waals surface area contributed by atoms with Crippen LogP contribution in [0, 0.1) is 0 Å². The molecule has 16 heavy (non-hydrogen) atoms. The minimum absolute atomic E-state index is 0.0412. The third-order valence-corrected chi connectivity index (χ3v) is 3.16. The van der Waals surface area contributed by atoms with Crippen LogP contribution in [0.15, 0.2) is 12.3 Å². The third kappa shape index (κ3) is 2.41. The van der Waals surface area contributed by atoms with Gasteiger partial charge in [-0.1, -0.05) is 0 Å². The first-order valence-electron chi connectivity index (χ1n) is 5.71. The van der Waals surface area contributed by atoms with Crippen molar-refractivity contribution in [2.24, 2.45) is 12.8 Å². The van der Waals surface area contributed by atoms with E-state index < -0.39 is 0 Å². The lowest BCUT2D eigenvalue weighted by atomic mass is 9.92. The van der Waals surface area contributed by atoms with E-state index in [0.717, 1.165) is 25.7 Å². The molecule has 1 saturated carbocycles. The van der Waals surface area contributed by atoms with Crippen molar-refractivity contribution in [2.75, 3.05) is 0 Å². The lowest BCUT2D eigenvalue weighted by molar-refractivity contribution is 0.0916. The van der Waals surface area contributed by atoms with Crippen LogP contribution in [0.2, 0.25) is 0 Å². The minimum atomic E-state index is -0.0412. The van der Waals surface area contributed by atoms with Gasteiger partial charge in [0.05, 0.1) is 0 Å². The average molecular weight is 222 g/mol. The fourth-order valence-corrected chi connectivity index (χ4v) is 2.12. The largest absolute Gasteiger partial charge is 0.348 e. The van der Waals surface area contributed by atoms with E-state index in [4.69, 9.17) is 5.73 Å². The van der Waals surface area contributed by atoms with Crippen LogP contribution >= 0.6 is 0 Å². The molecule has 3 N–H and O–H groups in total. The highest BCUT2D eigenvalue weighted by Crippen LogP contribution is 2.17. The summed E-state index contributed by atoms with van der Waals surface area (Å²) in [5.74, 6) is -0.0412. The molecule has 1 amide bonds. The number of nitrogens with one attached hydrogen (secondary N) is 1. The third-order valence-electron chi connectivity index (χ3n) is 3.16. The molecule has 1 aliphatic rings. The van der Waals surface area contributed by atoms with Gasteiger partial charge in [-0.25, -0.2) is 0 Å². The van der Waals surface area contributed by atoms with Crippen LogP contribution < -0.4 is 11.1 Å². The van der Waals surface area contributed by atoms with Crippen LogP contribution in [0.1, 0.15) is 36.2 Å². The van der Waals surface area contributed by atoms with Crippen molar-refractivity contribution in [2.45, 2.75) is 37.8 Å². The maximum absolute atomic E-state index is 11.9. The maximum atomic E-state index is 11.9. The molecule has 1 fully saturated rings. The molecular weight excluding hydrogens is 204 g/mol. The summed E-state index contributed by atoms with van der Waals surface area (Å²) in [6, 6.07) is 2.30. The molecule has 0 unspecified atom stereocenters. The smallest absolute Gasteiger partial charge is 0.269 e. The Bertz CT molecular complexity index is 366. The van der Waals surface area contributed by atoms with Gasteiger partial charge in [-0.05, 0) is 31.7 Å². The quantitative estimate of drug-likeness (QED) is 0.761. The second-order valence-electron chi connectivity index (χ2n) is 4.43. The van der Waals surface area contributed by atoms with Crippen molar-refractivity contribution in [3.8, 4) is 0 Å². The monoisotopic (exact) mass is 222 g/mol. The summed E-state index contributed by atoms with van der Waals surface area (Å²) < 4.78 is 1.59. The van der Waals surface area contributed by atoms with Crippen LogP contribution in [0.3, 0.4) is 0 Å². The van der Waals surface area contributed by atoms with E-state index in [9.17, 15) is 4.79 Å². The van der Waals surface area contributed by atoms with Gasteiger partial charge < -0.3 is 11.1 Å². The number of rotatable bonds is 2. The zero-order valence-corrected chi connectivity index (χ0v) is 9.52. The van der Waals surface area contributed by atoms with Crippen LogP contribution in [-0.4, -0.2) is 27.8 Å². The predicted octanol–water partition coefficient (Wildman–Crippen LogP) is 0.420. The Morgan fingerprint density at radius 3 is 2.75 bits per heavy atom. The number of hydrogen-bond donors (Lipinski definition) is 2. The van der Waals surface area contributed by atoms with E-state index in [2.05, 4.69) is 10.4 Å². The highest BCUT2D eigenvalue weighted by Gasteiger charge is 2.21. The number of amides is 1. The first kappa shape index (κ1) is 11.1. The SMILES string of the molecule is Cn1nccc1C(=O)NC1CCC(N)CC1. The molecule has 5 heteroatoms. The number of nitrogens with two attached hydrogens (primary N) is 1. The fraction of sp³-hybridized carbons (Fsp3) is 0.636. The Morgan fingerprint density at radius 1 is 1.50 bits per heavy atom. The molecule has 0 atom stereocenters. The molecule has 2 rings (SSSR count). The molecule has 0 saturated heterocycles.